The van der Waals surface area contributed by atoms with Crippen molar-refractivity contribution in [3.8, 4) is 0 Å². The maximum atomic E-state index is 11.6. The molecule has 0 fully saturated rings. The fourth-order valence-corrected chi connectivity index (χ4v) is 0.658. The van der Waals surface area contributed by atoms with Crippen LogP contribution in [0.5, 0.6) is 0 Å². The number of hydrogen-bond acceptors (Lipinski definition) is 2. The Balaban J connectivity index is 3.54. The summed E-state index contributed by atoms with van der Waals surface area (Å²) in [5.74, 6) is -0.300. The minimum atomic E-state index is -4.43. The van der Waals surface area contributed by atoms with Gasteiger partial charge in [-0.25, -0.2) is 4.79 Å². The van der Waals surface area contributed by atoms with Crippen LogP contribution in [-0.4, -0.2) is 38.3 Å². The van der Waals surface area contributed by atoms with Crippen LogP contribution in [0.4, 0.5) is 18.0 Å². The first-order chi connectivity index (χ1) is 6.85. The van der Waals surface area contributed by atoms with Gasteiger partial charge >= 0.3 is 12.2 Å². The van der Waals surface area contributed by atoms with Crippen molar-refractivity contribution in [2.75, 3.05) is 20.1 Å². The van der Waals surface area contributed by atoms with Gasteiger partial charge in [0.15, 0.2) is 0 Å². The molecule has 0 rings (SSSR count). The van der Waals surface area contributed by atoms with Gasteiger partial charge in [0.25, 0.3) is 0 Å². The first kappa shape index (κ1) is 13.5. The molecule has 0 aromatic heterocycles. The van der Waals surface area contributed by atoms with E-state index in [0.29, 0.717) is 0 Å². The SMILES string of the molecule is CNC(=O)CCNC(=O)NCC(F)(F)F. The predicted molar refractivity (Wildman–Crippen MR) is 46.1 cm³/mol. The first-order valence-corrected chi connectivity index (χ1v) is 4.14. The lowest BCUT2D eigenvalue weighted by Crippen LogP contribution is -2.41. The van der Waals surface area contributed by atoms with Crippen LogP contribution in [-0.2, 0) is 4.79 Å². The third-order valence-corrected chi connectivity index (χ3v) is 1.37. The lowest BCUT2D eigenvalue weighted by Gasteiger charge is -2.09. The number of amides is 3. The normalized spacial score (nSPS) is 10.7. The number of alkyl halides is 3. The van der Waals surface area contributed by atoms with Crippen LogP contribution < -0.4 is 16.0 Å². The van der Waals surface area contributed by atoms with Crippen molar-refractivity contribution in [1.82, 2.24) is 16.0 Å². The van der Waals surface area contributed by atoms with Gasteiger partial charge in [0, 0.05) is 20.0 Å². The van der Waals surface area contributed by atoms with E-state index in [0.717, 1.165) is 0 Å². The molecule has 0 aliphatic carbocycles. The van der Waals surface area contributed by atoms with E-state index in [1.54, 1.807) is 5.32 Å². The highest BCUT2D eigenvalue weighted by Crippen LogP contribution is 2.11. The molecule has 3 N–H and O–H groups in total. The Labute approximate surface area is 84.4 Å². The van der Waals surface area contributed by atoms with E-state index in [1.807, 2.05) is 0 Å². The van der Waals surface area contributed by atoms with Crippen LogP contribution in [0.3, 0.4) is 0 Å². The molecule has 0 heterocycles. The molecule has 15 heavy (non-hydrogen) atoms. The molecule has 0 atom stereocenters. The second-order valence-corrected chi connectivity index (χ2v) is 2.65. The van der Waals surface area contributed by atoms with Crippen LogP contribution >= 0.6 is 0 Å². The molecule has 0 unspecified atom stereocenters. The Hall–Kier alpha value is -1.47. The van der Waals surface area contributed by atoms with Crippen LogP contribution in [0.25, 0.3) is 0 Å². The van der Waals surface area contributed by atoms with Gasteiger partial charge in [-0.2, -0.15) is 13.2 Å². The zero-order chi connectivity index (χ0) is 11.9. The smallest absolute Gasteiger partial charge is 0.359 e. The highest BCUT2D eigenvalue weighted by atomic mass is 19.4. The molecule has 8 heteroatoms. The molecule has 5 nitrogen and oxygen atoms in total. The van der Waals surface area contributed by atoms with Crippen molar-refractivity contribution in [2.24, 2.45) is 0 Å². The summed E-state index contributed by atoms with van der Waals surface area (Å²) in [6.45, 7) is -1.40. The van der Waals surface area contributed by atoms with Gasteiger partial charge in [-0.15, -0.1) is 0 Å². The van der Waals surface area contributed by atoms with Gasteiger partial charge in [0.05, 0.1) is 0 Å². The maximum Gasteiger partial charge on any atom is 0.405 e. The van der Waals surface area contributed by atoms with Gasteiger partial charge < -0.3 is 16.0 Å². The van der Waals surface area contributed by atoms with E-state index in [4.69, 9.17) is 0 Å². The molecule has 0 saturated heterocycles. The number of rotatable bonds is 4. The van der Waals surface area contributed by atoms with Gasteiger partial charge in [-0.1, -0.05) is 0 Å². The van der Waals surface area contributed by atoms with Crippen LogP contribution in [0.1, 0.15) is 6.42 Å². The number of carbonyl (C=O) groups is 2. The Morgan fingerprint density at radius 1 is 1.20 bits per heavy atom. The molecule has 88 valence electrons. The molecular formula is C7H12F3N3O2. The van der Waals surface area contributed by atoms with Crippen molar-refractivity contribution >= 4 is 11.9 Å². The van der Waals surface area contributed by atoms with Crippen molar-refractivity contribution in [3.63, 3.8) is 0 Å². The third kappa shape index (κ3) is 8.85. The third-order valence-electron chi connectivity index (χ3n) is 1.37. The quantitative estimate of drug-likeness (QED) is 0.632. The summed E-state index contributed by atoms with van der Waals surface area (Å²) >= 11 is 0. The summed E-state index contributed by atoms with van der Waals surface area (Å²) < 4.78 is 34.8. The minimum absolute atomic E-state index is 0.0106. The predicted octanol–water partition coefficient (Wildman–Crippen LogP) is -0.0160. The Morgan fingerprint density at radius 2 is 1.80 bits per heavy atom. The van der Waals surface area contributed by atoms with Crippen LogP contribution in [0.2, 0.25) is 0 Å². The summed E-state index contributed by atoms with van der Waals surface area (Å²) in [5, 5.41) is 6.02. The Bertz CT molecular complexity index is 230. The molecule has 0 aromatic carbocycles. The largest absolute Gasteiger partial charge is 0.405 e. The second kappa shape index (κ2) is 6.10. The molecule has 3 amide bonds. The van der Waals surface area contributed by atoms with Gasteiger partial charge in [-0.3, -0.25) is 4.79 Å². The zero-order valence-electron chi connectivity index (χ0n) is 8.07. The van der Waals surface area contributed by atoms with E-state index < -0.39 is 18.8 Å². The average Bonchev–Trinajstić information content (AvgIpc) is 2.13. The van der Waals surface area contributed by atoms with Gasteiger partial charge in [0.1, 0.15) is 6.54 Å². The number of nitrogens with one attached hydrogen (secondary N) is 3. The summed E-state index contributed by atoms with van der Waals surface area (Å²) in [4.78, 5) is 21.4. The number of carbonyl (C=O) groups excluding carboxylic acids is 2. The van der Waals surface area contributed by atoms with E-state index in [2.05, 4.69) is 10.6 Å². The van der Waals surface area contributed by atoms with Gasteiger partial charge in [-0.05, 0) is 0 Å². The minimum Gasteiger partial charge on any atom is -0.359 e. The Kier molecular flexibility index (Phi) is 5.50. The lowest BCUT2D eigenvalue weighted by atomic mass is 10.4. The summed E-state index contributed by atoms with van der Waals surface area (Å²) in [6, 6.07) is -0.948. The van der Waals surface area contributed by atoms with Crippen LogP contribution in [0.15, 0.2) is 0 Å². The summed E-state index contributed by atoms with van der Waals surface area (Å²) in [6.07, 6.45) is -4.41. The van der Waals surface area contributed by atoms with Crippen molar-refractivity contribution in [3.05, 3.63) is 0 Å². The van der Waals surface area contributed by atoms with Crippen molar-refractivity contribution < 1.29 is 22.8 Å². The first-order valence-electron chi connectivity index (χ1n) is 4.14. The average molecular weight is 227 g/mol. The standard InChI is InChI=1S/C7H12F3N3O2/c1-11-5(14)2-3-12-6(15)13-4-7(8,9)10/h2-4H2,1H3,(H,11,14)(H2,12,13,15). The molecule has 0 bridgehead atoms. The fraction of sp³-hybridized carbons (Fsp3) is 0.714. The summed E-state index contributed by atoms with van der Waals surface area (Å²) in [7, 11) is 1.42. The molecule has 0 aromatic rings. The second-order valence-electron chi connectivity index (χ2n) is 2.65. The van der Waals surface area contributed by atoms with E-state index in [-0.39, 0.29) is 18.9 Å². The molecule has 0 radical (unpaired) electrons. The van der Waals surface area contributed by atoms with Crippen molar-refractivity contribution in [1.29, 1.82) is 0 Å². The Morgan fingerprint density at radius 3 is 2.27 bits per heavy atom. The molecule has 0 aliphatic rings. The highest BCUT2D eigenvalue weighted by Gasteiger charge is 2.27. The summed E-state index contributed by atoms with van der Waals surface area (Å²) in [5.41, 5.74) is 0. The van der Waals surface area contributed by atoms with E-state index in [1.165, 1.54) is 7.05 Å². The van der Waals surface area contributed by atoms with Crippen LogP contribution in [0, 0.1) is 0 Å². The highest BCUT2D eigenvalue weighted by molar-refractivity contribution is 5.77. The van der Waals surface area contributed by atoms with E-state index >= 15 is 0 Å². The van der Waals surface area contributed by atoms with Crippen molar-refractivity contribution in [2.45, 2.75) is 12.6 Å². The topological polar surface area (TPSA) is 70.2 Å². The maximum absolute atomic E-state index is 11.6. The van der Waals surface area contributed by atoms with E-state index in [9.17, 15) is 22.8 Å². The molecular weight excluding hydrogens is 215 g/mol. The molecule has 0 spiro atoms. The number of hydrogen-bond donors (Lipinski definition) is 3. The molecule has 0 saturated carbocycles. The molecule has 0 aliphatic heterocycles. The monoisotopic (exact) mass is 227 g/mol. The lowest BCUT2D eigenvalue weighted by molar-refractivity contribution is -0.123. The van der Waals surface area contributed by atoms with Gasteiger partial charge in [0.2, 0.25) is 5.91 Å². The fourth-order valence-electron chi connectivity index (χ4n) is 0.658. The zero-order valence-corrected chi connectivity index (χ0v) is 8.07. The number of urea groups is 1. The number of halogens is 3.